The van der Waals surface area contributed by atoms with Gasteiger partial charge < -0.3 is 20.5 Å². The summed E-state index contributed by atoms with van der Waals surface area (Å²) in [6.45, 7) is 8.34. The van der Waals surface area contributed by atoms with Gasteiger partial charge in [0.25, 0.3) is 17.6 Å². The van der Waals surface area contributed by atoms with Gasteiger partial charge in [-0.2, -0.15) is 4.39 Å². The van der Waals surface area contributed by atoms with Crippen molar-refractivity contribution in [3.8, 4) is 0 Å². The lowest BCUT2D eigenvalue weighted by molar-refractivity contribution is -0.116. The highest BCUT2D eigenvalue weighted by atomic mass is 19.1. The van der Waals surface area contributed by atoms with Gasteiger partial charge in [0, 0.05) is 35.9 Å². The van der Waals surface area contributed by atoms with Crippen LogP contribution in [0.25, 0.3) is 0 Å². The van der Waals surface area contributed by atoms with E-state index >= 15 is 0 Å². The lowest BCUT2D eigenvalue weighted by Crippen LogP contribution is -2.33. The Morgan fingerprint density at radius 1 is 1.06 bits per heavy atom. The molecule has 0 spiro atoms. The van der Waals surface area contributed by atoms with Gasteiger partial charge in [0.05, 0.1) is 11.3 Å². The summed E-state index contributed by atoms with van der Waals surface area (Å²) < 4.78 is 28.4. The minimum atomic E-state index is -0.986. The molecule has 0 atom stereocenters. The van der Waals surface area contributed by atoms with Crippen LogP contribution in [-0.2, 0) is 11.8 Å². The molecule has 1 aliphatic rings. The SMILES string of the molecule is C=C1C=C(NC(=O)C(=O)c2c(C)c(C(=O)Nc3ccc(F)c(C)c3)c(C)n2C)C=C(F)N1. The average molecular weight is 440 g/mol. The third kappa shape index (κ3) is 4.36. The van der Waals surface area contributed by atoms with Gasteiger partial charge >= 0.3 is 0 Å². The second-order valence-electron chi connectivity index (χ2n) is 7.44. The number of carbonyl (C=O) groups is 3. The molecule has 166 valence electrons. The molecule has 0 aliphatic carbocycles. The van der Waals surface area contributed by atoms with Crippen molar-refractivity contribution in [3.63, 3.8) is 0 Å². The zero-order chi connectivity index (χ0) is 23.7. The minimum Gasteiger partial charge on any atom is -0.344 e. The van der Waals surface area contributed by atoms with Crippen LogP contribution in [0.5, 0.6) is 0 Å². The van der Waals surface area contributed by atoms with Crippen molar-refractivity contribution in [2.45, 2.75) is 20.8 Å². The fourth-order valence-electron chi connectivity index (χ4n) is 3.51. The number of hydrogen-bond acceptors (Lipinski definition) is 4. The highest BCUT2D eigenvalue weighted by molar-refractivity contribution is 6.43. The number of benzene rings is 1. The van der Waals surface area contributed by atoms with Gasteiger partial charge in [-0.05, 0) is 56.2 Å². The molecule has 32 heavy (non-hydrogen) atoms. The smallest absolute Gasteiger partial charge is 0.298 e. The van der Waals surface area contributed by atoms with Gasteiger partial charge in [0.2, 0.25) is 0 Å². The number of dihydropyridines is 1. The van der Waals surface area contributed by atoms with Crippen LogP contribution in [-0.4, -0.2) is 22.2 Å². The zero-order valence-corrected chi connectivity index (χ0v) is 18.0. The second kappa shape index (κ2) is 8.62. The molecule has 0 bridgehead atoms. The first-order valence-electron chi connectivity index (χ1n) is 9.63. The molecule has 3 N–H and O–H groups in total. The van der Waals surface area contributed by atoms with Gasteiger partial charge in [-0.3, -0.25) is 14.4 Å². The number of amides is 2. The number of carbonyl (C=O) groups excluding carboxylic acids is 3. The molecule has 0 saturated carbocycles. The van der Waals surface area contributed by atoms with Gasteiger partial charge in [-0.1, -0.05) is 6.58 Å². The molecule has 2 aromatic rings. The Balaban J connectivity index is 1.87. The van der Waals surface area contributed by atoms with E-state index in [9.17, 15) is 23.2 Å². The van der Waals surface area contributed by atoms with Crippen LogP contribution in [0, 0.1) is 26.6 Å². The highest BCUT2D eigenvalue weighted by Gasteiger charge is 2.29. The van der Waals surface area contributed by atoms with Gasteiger partial charge in [-0.15, -0.1) is 0 Å². The molecule has 0 fully saturated rings. The van der Waals surface area contributed by atoms with E-state index in [-0.39, 0.29) is 22.7 Å². The normalized spacial score (nSPS) is 13.1. The van der Waals surface area contributed by atoms with Crippen molar-refractivity contribution in [1.82, 2.24) is 15.2 Å². The molecule has 0 radical (unpaired) electrons. The van der Waals surface area contributed by atoms with Gasteiger partial charge in [-0.25, -0.2) is 4.39 Å². The molecular formula is C23H22F2N4O3. The molecule has 3 rings (SSSR count). The Morgan fingerprint density at radius 3 is 2.38 bits per heavy atom. The Hall–Kier alpha value is -4.01. The van der Waals surface area contributed by atoms with Crippen molar-refractivity contribution in [2.24, 2.45) is 7.05 Å². The van der Waals surface area contributed by atoms with E-state index in [1.54, 1.807) is 27.8 Å². The molecule has 2 heterocycles. The summed E-state index contributed by atoms with van der Waals surface area (Å²) in [5, 5.41) is 7.36. The summed E-state index contributed by atoms with van der Waals surface area (Å²) in [7, 11) is 1.56. The predicted octanol–water partition coefficient (Wildman–Crippen LogP) is 3.45. The number of allylic oxidation sites excluding steroid dienone is 2. The van der Waals surface area contributed by atoms with Crippen LogP contribution in [0.15, 0.2) is 54.3 Å². The molecule has 0 unspecified atom stereocenters. The first-order chi connectivity index (χ1) is 15.0. The Kier molecular flexibility index (Phi) is 6.11. The van der Waals surface area contributed by atoms with Crippen molar-refractivity contribution in [1.29, 1.82) is 0 Å². The average Bonchev–Trinajstić information content (AvgIpc) is 2.92. The maximum atomic E-state index is 13.5. The first-order valence-corrected chi connectivity index (χ1v) is 9.63. The quantitative estimate of drug-likeness (QED) is 0.377. The third-order valence-corrected chi connectivity index (χ3v) is 5.14. The maximum Gasteiger partial charge on any atom is 0.298 e. The second-order valence-corrected chi connectivity index (χ2v) is 7.44. The summed E-state index contributed by atoms with van der Waals surface area (Å²) in [6, 6.07) is 4.17. The number of nitrogens with one attached hydrogen (secondary N) is 3. The van der Waals surface area contributed by atoms with Crippen molar-refractivity contribution in [3.05, 3.63) is 88.2 Å². The van der Waals surface area contributed by atoms with Crippen LogP contribution in [0.2, 0.25) is 0 Å². The fraction of sp³-hybridized carbons (Fsp3) is 0.174. The van der Waals surface area contributed by atoms with Crippen molar-refractivity contribution in [2.75, 3.05) is 5.32 Å². The maximum absolute atomic E-state index is 13.5. The minimum absolute atomic E-state index is 0.0262. The van der Waals surface area contributed by atoms with E-state index in [1.165, 1.54) is 28.8 Å². The number of ketones is 1. The van der Waals surface area contributed by atoms with E-state index in [1.807, 2.05) is 0 Å². The molecule has 2 amide bonds. The van der Waals surface area contributed by atoms with Gasteiger partial charge in [0.1, 0.15) is 5.82 Å². The summed E-state index contributed by atoms with van der Waals surface area (Å²) in [6.07, 6.45) is 2.40. The molecule has 1 aromatic heterocycles. The van der Waals surface area contributed by atoms with Crippen LogP contribution < -0.4 is 16.0 Å². The van der Waals surface area contributed by atoms with E-state index in [4.69, 9.17) is 0 Å². The van der Waals surface area contributed by atoms with Crippen LogP contribution in [0.4, 0.5) is 14.5 Å². The zero-order valence-electron chi connectivity index (χ0n) is 18.0. The van der Waals surface area contributed by atoms with E-state index < -0.39 is 29.4 Å². The third-order valence-electron chi connectivity index (χ3n) is 5.14. The predicted molar refractivity (Wildman–Crippen MR) is 116 cm³/mol. The lowest BCUT2D eigenvalue weighted by Gasteiger charge is -2.13. The van der Waals surface area contributed by atoms with Crippen LogP contribution >= 0.6 is 0 Å². The monoisotopic (exact) mass is 440 g/mol. The number of anilines is 1. The number of hydrogen-bond donors (Lipinski definition) is 3. The first kappa shape index (κ1) is 22.7. The Morgan fingerprint density at radius 2 is 1.75 bits per heavy atom. The summed E-state index contributed by atoms with van der Waals surface area (Å²) in [5.74, 6) is -3.48. The number of halogens is 2. The van der Waals surface area contributed by atoms with E-state index in [2.05, 4.69) is 22.5 Å². The summed E-state index contributed by atoms with van der Waals surface area (Å²) in [5.41, 5.74) is 2.09. The molecule has 1 aliphatic heterocycles. The summed E-state index contributed by atoms with van der Waals surface area (Å²) >= 11 is 0. The summed E-state index contributed by atoms with van der Waals surface area (Å²) in [4.78, 5) is 38.3. The molecule has 0 saturated heterocycles. The van der Waals surface area contributed by atoms with Gasteiger partial charge in [0.15, 0.2) is 5.95 Å². The number of aromatic nitrogens is 1. The fourth-order valence-corrected chi connectivity index (χ4v) is 3.51. The Labute approximate surface area is 183 Å². The highest BCUT2D eigenvalue weighted by Crippen LogP contribution is 2.24. The van der Waals surface area contributed by atoms with Crippen LogP contribution in [0.1, 0.15) is 37.7 Å². The molecular weight excluding hydrogens is 418 g/mol. The largest absolute Gasteiger partial charge is 0.344 e. The van der Waals surface area contributed by atoms with Crippen LogP contribution in [0.3, 0.4) is 0 Å². The Bertz CT molecular complexity index is 1240. The van der Waals surface area contributed by atoms with Crippen molar-refractivity contribution >= 4 is 23.3 Å². The van der Waals surface area contributed by atoms with E-state index in [0.29, 0.717) is 22.5 Å². The van der Waals surface area contributed by atoms with E-state index in [0.717, 1.165) is 6.08 Å². The number of Topliss-reactive ketones (excluding diaryl/α,β-unsaturated/α-hetero) is 1. The number of nitrogens with zero attached hydrogens (tertiary/aromatic N) is 1. The molecule has 7 nitrogen and oxygen atoms in total. The molecule has 9 heteroatoms. The lowest BCUT2D eigenvalue weighted by atomic mass is 10.1. The topological polar surface area (TPSA) is 92.2 Å². The standard InChI is InChI=1S/C23H22F2N4O3/c1-11-8-15(6-7-17(11)24)27-22(31)19-13(3)20(29(5)14(19)4)21(30)23(32)28-16-9-12(2)26-18(25)10-16/h6-10,26H,2H2,1,3-5H3,(H,27,31)(H,28,32). The molecule has 1 aromatic carbocycles. The number of rotatable bonds is 5. The number of aryl methyl sites for hydroxylation is 1. The van der Waals surface area contributed by atoms with Crippen molar-refractivity contribution < 1.29 is 23.2 Å².